The molecule has 1 saturated carbocycles. The van der Waals surface area contributed by atoms with Gasteiger partial charge < -0.3 is 10.8 Å². The number of carboxylic acids is 1. The molecule has 1 aromatic carbocycles. The second kappa shape index (κ2) is 6.62. The molecular formula is C18H21N3O5S. The maximum Gasteiger partial charge on any atom is 0.320 e. The van der Waals surface area contributed by atoms with Crippen molar-refractivity contribution in [3.63, 3.8) is 0 Å². The van der Waals surface area contributed by atoms with E-state index in [-0.39, 0.29) is 24.3 Å². The number of nitrogens with zero attached hydrogens (tertiary/aromatic N) is 2. The molecule has 1 saturated heterocycles. The van der Waals surface area contributed by atoms with Gasteiger partial charge in [0.1, 0.15) is 6.04 Å². The minimum Gasteiger partial charge on any atom is -0.480 e. The number of likely N-dealkylation sites (tertiary alicyclic amines) is 1. The van der Waals surface area contributed by atoms with Crippen LogP contribution in [-0.4, -0.2) is 54.2 Å². The Morgan fingerprint density at radius 3 is 2.59 bits per heavy atom. The van der Waals surface area contributed by atoms with Crippen molar-refractivity contribution in [2.75, 3.05) is 6.54 Å². The highest BCUT2D eigenvalue weighted by Gasteiger charge is 2.66. The number of rotatable bonds is 6. The molecule has 0 spiro atoms. The molecule has 9 heteroatoms. The van der Waals surface area contributed by atoms with Gasteiger partial charge >= 0.3 is 5.97 Å². The number of nitrogens with two attached hydrogens (primary N) is 1. The summed E-state index contributed by atoms with van der Waals surface area (Å²) < 4.78 is 26.3. The van der Waals surface area contributed by atoms with Gasteiger partial charge in [0, 0.05) is 12.6 Å². The Morgan fingerprint density at radius 2 is 2.07 bits per heavy atom. The van der Waals surface area contributed by atoms with Gasteiger partial charge in [-0.2, -0.15) is 5.26 Å². The Bertz CT molecular complexity index is 939. The van der Waals surface area contributed by atoms with E-state index >= 15 is 0 Å². The van der Waals surface area contributed by atoms with Gasteiger partial charge in [-0.3, -0.25) is 14.5 Å². The van der Waals surface area contributed by atoms with Crippen LogP contribution in [0, 0.1) is 16.7 Å². The molecule has 3 N–H and O–H groups in total. The fourth-order valence-corrected chi connectivity index (χ4v) is 5.98. The van der Waals surface area contributed by atoms with E-state index in [0.717, 1.165) is 0 Å². The normalized spacial score (nSPS) is 30.6. The van der Waals surface area contributed by atoms with Crippen LogP contribution in [0.15, 0.2) is 29.2 Å². The van der Waals surface area contributed by atoms with Crippen LogP contribution in [0.3, 0.4) is 0 Å². The van der Waals surface area contributed by atoms with Gasteiger partial charge in [0.15, 0.2) is 15.3 Å². The summed E-state index contributed by atoms with van der Waals surface area (Å²) in [6.07, 6.45) is 0.573. The minimum absolute atomic E-state index is 0.0429. The van der Waals surface area contributed by atoms with E-state index in [1.54, 1.807) is 18.2 Å². The molecule has 0 bridgehead atoms. The van der Waals surface area contributed by atoms with Crippen molar-refractivity contribution in [2.45, 2.75) is 48.4 Å². The van der Waals surface area contributed by atoms with E-state index in [9.17, 15) is 28.4 Å². The van der Waals surface area contributed by atoms with Crippen molar-refractivity contribution in [1.29, 1.82) is 5.26 Å². The van der Waals surface area contributed by atoms with Gasteiger partial charge in [-0.25, -0.2) is 8.42 Å². The molecule has 2 unspecified atom stereocenters. The maximum atomic E-state index is 13.2. The summed E-state index contributed by atoms with van der Waals surface area (Å²) in [5.41, 5.74) is 4.56. The molecule has 2 aliphatic rings. The van der Waals surface area contributed by atoms with Crippen LogP contribution >= 0.6 is 0 Å². The van der Waals surface area contributed by atoms with Gasteiger partial charge in [-0.15, -0.1) is 0 Å². The SMILES string of the molecule is CCc1ccccc1S(=O)(=O)[C@@H]1C[C@@H](C(=O)O)N(C2CC2(C#N)C(N)=O)C1. The first-order valence-corrected chi connectivity index (χ1v) is 10.2. The van der Waals surface area contributed by atoms with Crippen LogP contribution in [0.2, 0.25) is 0 Å². The molecular weight excluding hydrogens is 370 g/mol. The lowest BCUT2D eigenvalue weighted by molar-refractivity contribution is -0.142. The molecule has 2 fully saturated rings. The number of aliphatic carboxylic acids is 1. The Labute approximate surface area is 157 Å². The molecule has 4 atom stereocenters. The molecule has 0 aromatic heterocycles. The Morgan fingerprint density at radius 1 is 1.41 bits per heavy atom. The number of primary amides is 1. The molecule has 1 aromatic rings. The lowest BCUT2D eigenvalue weighted by Gasteiger charge is -2.22. The first-order chi connectivity index (χ1) is 12.7. The second-order valence-corrected chi connectivity index (χ2v) is 9.28. The lowest BCUT2D eigenvalue weighted by Crippen LogP contribution is -2.42. The van der Waals surface area contributed by atoms with Gasteiger partial charge in [0.05, 0.1) is 16.2 Å². The van der Waals surface area contributed by atoms with Gasteiger partial charge in [-0.05, 0) is 30.9 Å². The number of nitriles is 1. The lowest BCUT2D eigenvalue weighted by atomic mass is 10.1. The van der Waals surface area contributed by atoms with Crippen molar-refractivity contribution in [3.8, 4) is 6.07 Å². The molecule has 8 nitrogen and oxygen atoms in total. The minimum atomic E-state index is -3.75. The third-order valence-electron chi connectivity index (χ3n) is 5.65. The van der Waals surface area contributed by atoms with Crippen LogP contribution in [0.5, 0.6) is 0 Å². The van der Waals surface area contributed by atoms with Crippen LogP contribution in [0.25, 0.3) is 0 Å². The highest BCUT2D eigenvalue weighted by Crippen LogP contribution is 2.51. The van der Waals surface area contributed by atoms with Gasteiger partial charge in [0.2, 0.25) is 5.91 Å². The third kappa shape index (κ3) is 2.99. The Balaban J connectivity index is 1.93. The highest BCUT2D eigenvalue weighted by molar-refractivity contribution is 7.92. The van der Waals surface area contributed by atoms with E-state index in [0.29, 0.717) is 12.0 Å². The van der Waals surface area contributed by atoms with E-state index in [4.69, 9.17) is 5.73 Å². The van der Waals surface area contributed by atoms with Crippen LogP contribution in [0.4, 0.5) is 0 Å². The average Bonchev–Trinajstić information content (AvgIpc) is 3.22. The molecule has 1 amide bonds. The van der Waals surface area contributed by atoms with Crippen molar-refractivity contribution in [2.24, 2.45) is 11.1 Å². The molecule has 1 heterocycles. The Kier molecular flexibility index (Phi) is 4.74. The fourth-order valence-electron chi connectivity index (χ4n) is 3.97. The summed E-state index contributed by atoms with van der Waals surface area (Å²) in [5, 5.41) is 18.0. The fraction of sp³-hybridized carbons (Fsp3) is 0.500. The molecule has 1 aliphatic carbocycles. The highest BCUT2D eigenvalue weighted by atomic mass is 32.2. The van der Waals surface area contributed by atoms with E-state index in [2.05, 4.69) is 0 Å². The number of carboxylic acid groups (broad SMARTS) is 1. The van der Waals surface area contributed by atoms with Crippen LogP contribution in [0.1, 0.15) is 25.3 Å². The van der Waals surface area contributed by atoms with Crippen molar-refractivity contribution < 1.29 is 23.1 Å². The second-order valence-electron chi connectivity index (χ2n) is 7.08. The summed E-state index contributed by atoms with van der Waals surface area (Å²) >= 11 is 0. The largest absolute Gasteiger partial charge is 0.480 e. The number of amides is 1. The summed E-state index contributed by atoms with van der Waals surface area (Å²) in [6.45, 7) is 1.81. The standard InChI is InChI=1S/C18H21N3O5S/c1-2-11-5-3-4-6-14(11)27(25,26)12-7-13(16(22)23)21(9-12)15-8-18(15,10-19)17(20)24/h3-6,12-13,15H,2,7-9H2,1H3,(H2,20,24)(H,22,23)/t12-,13+,15?,18?/m1/s1. The zero-order chi connectivity index (χ0) is 20.0. The number of sulfone groups is 1. The maximum absolute atomic E-state index is 13.2. The first kappa shape index (κ1) is 19.3. The quantitative estimate of drug-likeness (QED) is 0.711. The Hall–Kier alpha value is -2.44. The number of aryl methyl sites for hydroxylation is 1. The van der Waals surface area contributed by atoms with Gasteiger partial charge in [-0.1, -0.05) is 25.1 Å². The summed E-state index contributed by atoms with van der Waals surface area (Å²) in [6, 6.07) is 6.82. The van der Waals surface area contributed by atoms with Crippen LogP contribution < -0.4 is 5.73 Å². The molecule has 144 valence electrons. The zero-order valence-electron chi connectivity index (χ0n) is 14.8. The number of carbonyl (C=O) groups excluding carboxylic acids is 1. The van der Waals surface area contributed by atoms with Crippen molar-refractivity contribution >= 4 is 21.7 Å². The first-order valence-electron chi connectivity index (χ1n) is 8.70. The average molecular weight is 391 g/mol. The summed E-state index contributed by atoms with van der Waals surface area (Å²) in [4.78, 5) is 25.0. The number of hydrogen-bond donors (Lipinski definition) is 2. The van der Waals surface area contributed by atoms with Crippen LogP contribution in [-0.2, 0) is 25.8 Å². The zero-order valence-corrected chi connectivity index (χ0v) is 15.6. The van der Waals surface area contributed by atoms with E-state index in [1.807, 2.05) is 13.0 Å². The summed E-state index contributed by atoms with van der Waals surface area (Å²) in [5.74, 6) is -1.97. The smallest absolute Gasteiger partial charge is 0.320 e. The summed E-state index contributed by atoms with van der Waals surface area (Å²) in [7, 11) is -3.75. The molecule has 3 rings (SSSR count). The monoisotopic (exact) mass is 391 g/mol. The molecule has 0 radical (unpaired) electrons. The third-order valence-corrected chi connectivity index (χ3v) is 7.88. The van der Waals surface area contributed by atoms with E-state index < -0.39 is 44.5 Å². The molecule has 1 aliphatic heterocycles. The molecule has 27 heavy (non-hydrogen) atoms. The van der Waals surface area contributed by atoms with Crippen molar-refractivity contribution in [3.05, 3.63) is 29.8 Å². The van der Waals surface area contributed by atoms with Gasteiger partial charge in [0.25, 0.3) is 0 Å². The predicted molar refractivity (Wildman–Crippen MR) is 95.2 cm³/mol. The topological polar surface area (TPSA) is 142 Å². The number of hydrogen-bond acceptors (Lipinski definition) is 6. The predicted octanol–water partition coefficient (Wildman–Crippen LogP) is 0.318. The van der Waals surface area contributed by atoms with E-state index in [1.165, 1.54) is 11.0 Å². The van der Waals surface area contributed by atoms with Crippen molar-refractivity contribution in [1.82, 2.24) is 4.90 Å². The number of carbonyl (C=O) groups is 2. The number of benzene rings is 1.